The minimum absolute atomic E-state index is 1.04. The van der Waals surface area contributed by atoms with E-state index in [0.717, 1.165) is 32.5 Å². The van der Waals surface area contributed by atoms with Crippen LogP contribution in [0.25, 0.3) is 22.0 Å². The van der Waals surface area contributed by atoms with E-state index in [1.165, 1.54) is 38.9 Å². The van der Waals surface area contributed by atoms with E-state index < -0.39 is 0 Å². The molecule has 0 bridgehead atoms. The molecule has 0 saturated carbocycles. The van der Waals surface area contributed by atoms with Crippen LogP contribution in [0, 0.1) is 0 Å². The molecule has 0 radical (unpaired) electrons. The van der Waals surface area contributed by atoms with Crippen LogP contribution in [0.1, 0.15) is 16.8 Å². The van der Waals surface area contributed by atoms with E-state index in [4.69, 9.17) is 0 Å². The third-order valence-electron chi connectivity index (χ3n) is 5.71. The van der Waals surface area contributed by atoms with E-state index in [9.17, 15) is 0 Å². The maximum absolute atomic E-state index is 3.72. The molecule has 27 heavy (non-hydrogen) atoms. The van der Waals surface area contributed by atoms with Crippen LogP contribution in [-0.2, 0) is 19.4 Å². The van der Waals surface area contributed by atoms with Crippen molar-refractivity contribution in [3.63, 3.8) is 0 Å². The van der Waals surface area contributed by atoms with Gasteiger partial charge in [-0.3, -0.25) is 4.90 Å². The quantitative estimate of drug-likeness (QED) is 0.520. The molecular weight excluding hydrogens is 328 g/mol. The van der Waals surface area contributed by atoms with Gasteiger partial charge in [-0.1, -0.05) is 72.8 Å². The highest BCUT2D eigenvalue weighted by Gasteiger charge is 2.18. The second kappa shape index (κ2) is 7.05. The standard InChI is InChI=1S/C25H24N2/c1-3-7-19(8-4-1)18-27-15-13-23-22-12-11-21(20-9-5-2-6-10-20)17-25(22)26-24(23)14-16-27/h1-12,17,26H,13-16,18H2. The minimum atomic E-state index is 1.04. The lowest BCUT2D eigenvalue weighted by molar-refractivity contribution is 0.279. The van der Waals surface area contributed by atoms with Crippen LogP contribution in [0.15, 0.2) is 78.9 Å². The molecule has 2 nitrogen and oxygen atoms in total. The number of nitrogens with zero attached hydrogens (tertiary/aromatic N) is 1. The van der Waals surface area contributed by atoms with Crippen molar-refractivity contribution in [3.05, 3.63) is 95.7 Å². The van der Waals surface area contributed by atoms with E-state index in [1.54, 1.807) is 0 Å². The van der Waals surface area contributed by atoms with Gasteiger partial charge in [0.05, 0.1) is 0 Å². The predicted molar refractivity (Wildman–Crippen MR) is 113 cm³/mol. The molecule has 4 aromatic rings. The molecule has 0 atom stereocenters. The molecule has 0 amide bonds. The molecule has 3 aromatic carbocycles. The fourth-order valence-electron chi connectivity index (χ4n) is 4.27. The van der Waals surface area contributed by atoms with Crippen LogP contribution in [-0.4, -0.2) is 23.0 Å². The molecule has 1 N–H and O–H groups in total. The molecule has 1 aliphatic heterocycles. The Balaban J connectivity index is 1.40. The zero-order valence-electron chi connectivity index (χ0n) is 15.5. The Morgan fingerprint density at radius 3 is 2.30 bits per heavy atom. The number of fused-ring (bicyclic) bond motifs is 3. The Kier molecular flexibility index (Phi) is 4.27. The van der Waals surface area contributed by atoms with Crippen LogP contribution >= 0.6 is 0 Å². The number of hydrogen-bond donors (Lipinski definition) is 1. The first-order chi connectivity index (χ1) is 13.4. The third-order valence-corrected chi connectivity index (χ3v) is 5.71. The van der Waals surface area contributed by atoms with E-state index in [-0.39, 0.29) is 0 Å². The van der Waals surface area contributed by atoms with Crippen molar-refractivity contribution < 1.29 is 0 Å². The van der Waals surface area contributed by atoms with Gasteiger partial charge in [0.25, 0.3) is 0 Å². The topological polar surface area (TPSA) is 19.0 Å². The SMILES string of the molecule is c1ccc(CN2CCc3[nH]c4cc(-c5ccccc5)ccc4c3CC2)cc1. The van der Waals surface area contributed by atoms with Gasteiger partial charge in [0, 0.05) is 42.7 Å². The summed E-state index contributed by atoms with van der Waals surface area (Å²) < 4.78 is 0. The molecule has 0 fully saturated rings. The van der Waals surface area contributed by atoms with Crippen molar-refractivity contribution in [1.82, 2.24) is 9.88 Å². The van der Waals surface area contributed by atoms with Crippen LogP contribution in [0.5, 0.6) is 0 Å². The van der Waals surface area contributed by atoms with E-state index >= 15 is 0 Å². The smallest absolute Gasteiger partial charge is 0.0465 e. The van der Waals surface area contributed by atoms with Crippen molar-refractivity contribution in [2.75, 3.05) is 13.1 Å². The molecular formula is C25H24N2. The number of benzene rings is 3. The van der Waals surface area contributed by atoms with E-state index in [0.29, 0.717) is 0 Å². The molecule has 5 rings (SSSR count). The zero-order chi connectivity index (χ0) is 18.1. The van der Waals surface area contributed by atoms with Crippen molar-refractivity contribution in [2.24, 2.45) is 0 Å². The second-order valence-corrected chi connectivity index (χ2v) is 7.47. The Bertz CT molecular complexity index is 1050. The maximum Gasteiger partial charge on any atom is 0.0465 e. The minimum Gasteiger partial charge on any atom is -0.358 e. The third kappa shape index (κ3) is 3.29. The summed E-state index contributed by atoms with van der Waals surface area (Å²) in [7, 11) is 0. The summed E-state index contributed by atoms with van der Waals surface area (Å²) in [6, 6.07) is 28.3. The predicted octanol–water partition coefficient (Wildman–Crippen LogP) is 5.44. The van der Waals surface area contributed by atoms with Crippen molar-refractivity contribution in [1.29, 1.82) is 0 Å². The van der Waals surface area contributed by atoms with Crippen molar-refractivity contribution in [2.45, 2.75) is 19.4 Å². The second-order valence-electron chi connectivity index (χ2n) is 7.47. The molecule has 2 heteroatoms. The van der Waals surface area contributed by atoms with Crippen molar-refractivity contribution >= 4 is 10.9 Å². The normalized spacial score (nSPS) is 14.8. The van der Waals surface area contributed by atoms with Gasteiger partial charge in [-0.2, -0.15) is 0 Å². The first kappa shape index (κ1) is 16.3. The number of H-pyrrole nitrogens is 1. The van der Waals surface area contributed by atoms with Gasteiger partial charge in [0.15, 0.2) is 0 Å². The van der Waals surface area contributed by atoms with Crippen LogP contribution in [0.3, 0.4) is 0 Å². The average molecular weight is 352 g/mol. The highest BCUT2D eigenvalue weighted by molar-refractivity contribution is 5.89. The summed E-state index contributed by atoms with van der Waals surface area (Å²) >= 11 is 0. The molecule has 0 unspecified atom stereocenters. The Hall–Kier alpha value is -2.84. The first-order valence-corrected chi connectivity index (χ1v) is 9.82. The fourth-order valence-corrected chi connectivity index (χ4v) is 4.27. The Morgan fingerprint density at radius 1 is 0.741 bits per heavy atom. The molecule has 0 saturated heterocycles. The lowest BCUT2D eigenvalue weighted by Gasteiger charge is -2.19. The van der Waals surface area contributed by atoms with Crippen LogP contribution in [0.4, 0.5) is 0 Å². The zero-order valence-corrected chi connectivity index (χ0v) is 15.5. The number of rotatable bonds is 3. The van der Waals surface area contributed by atoms with Gasteiger partial charge < -0.3 is 4.98 Å². The highest BCUT2D eigenvalue weighted by Crippen LogP contribution is 2.30. The summed E-state index contributed by atoms with van der Waals surface area (Å²) in [5, 5.41) is 1.39. The van der Waals surface area contributed by atoms with Crippen LogP contribution in [0.2, 0.25) is 0 Å². The lowest BCUT2D eigenvalue weighted by atomic mass is 10.0. The molecule has 2 heterocycles. The van der Waals surface area contributed by atoms with Gasteiger partial charge in [-0.25, -0.2) is 0 Å². The Labute approximate surface area is 160 Å². The number of aromatic nitrogens is 1. The van der Waals surface area contributed by atoms with Crippen LogP contribution < -0.4 is 0 Å². The monoisotopic (exact) mass is 352 g/mol. The lowest BCUT2D eigenvalue weighted by Crippen LogP contribution is -2.26. The first-order valence-electron chi connectivity index (χ1n) is 9.82. The highest BCUT2D eigenvalue weighted by atomic mass is 15.1. The molecule has 0 spiro atoms. The Morgan fingerprint density at radius 2 is 1.48 bits per heavy atom. The van der Waals surface area contributed by atoms with Gasteiger partial charge in [0.2, 0.25) is 0 Å². The van der Waals surface area contributed by atoms with E-state index in [1.807, 2.05) is 0 Å². The fraction of sp³-hybridized carbons (Fsp3) is 0.200. The van der Waals surface area contributed by atoms with Gasteiger partial charge in [-0.05, 0) is 34.7 Å². The van der Waals surface area contributed by atoms with Gasteiger partial charge in [0.1, 0.15) is 0 Å². The number of hydrogen-bond acceptors (Lipinski definition) is 1. The molecule has 1 aromatic heterocycles. The number of nitrogens with one attached hydrogen (secondary N) is 1. The summed E-state index contributed by atoms with van der Waals surface area (Å²) in [6.07, 6.45) is 2.21. The summed E-state index contributed by atoms with van der Waals surface area (Å²) in [5.41, 5.74) is 8.17. The summed E-state index contributed by atoms with van der Waals surface area (Å²) in [6.45, 7) is 3.27. The maximum atomic E-state index is 3.72. The molecule has 1 aliphatic rings. The molecule has 0 aliphatic carbocycles. The van der Waals surface area contributed by atoms with Gasteiger partial charge in [-0.15, -0.1) is 0 Å². The summed E-state index contributed by atoms with van der Waals surface area (Å²) in [4.78, 5) is 6.30. The van der Waals surface area contributed by atoms with E-state index in [2.05, 4.69) is 88.7 Å². The molecule has 134 valence electrons. The average Bonchev–Trinajstić information content (AvgIpc) is 2.96. The van der Waals surface area contributed by atoms with Gasteiger partial charge >= 0.3 is 0 Å². The largest absolute Gasteiger partial charge is 0.358 e. The number of aromatic amines is 1. The van der Waals surface area contributed by atoms with Crippen molar-refractivity contribution in [3.8, 4) is 11.1 Å². The summed E-state index contributed by atoms with van der Waals surface area (Å²) in [5.74, 6) is 0.